The van der Waals surface area contributed by atoms with Crippen LogP contribution in [0.25, 0.3) is 6.08 Å². The van der Waals surface area contributed by atoms with Crippen molar-refractivity contribution in [1.82, 2.24) is 0 Å². The summed E-state index contributed by atoms with van der Waals surface area (Å²) in [5.41, 5.74) is 1.80. The summed E-state index contributed by atoms with van der Waals surface area (Å²) in [6, 6.07) is 11.3. The number of carbonyl (C=O) groups excluding carboxylic acids is 1. The predicted octanol–water partition coefficient (Wildman–Crippen LogP) is 4.52. The SMILES string of the molecule is Cc1ccc(OC(=O)/C=C/c2ccc(F)cc2)c(Br)c1. The van der Waals surface area contributed by atoms with Gasteiger partial charge in [0.1, 0.15) is 11.6 Å². The summed E-state index contributed by atoms with van der Waals surface area (Å²) in [6.45, 7) is 1.95. The van der Waals surface area contributed by atoms with Crippen molar-refractivity contribution >= 4 is 28.0 Å². The van der Waals surface area contributed by atoms with Crippen LogP contribution < -0.4 is 4.74 Å². The Labute approximate surface area is 125 Å². The number of rotatable bonds is 3. The van der Waals surface area contributed by atoms with Gasteiger partial charge in [0.05, 0.1) is 4.47 Å². The normalized spacial score (nSPS) is 10.8. The maximum Gasteiger partial charge on any atom is 0.336 e. The molecule has 0 bridgehead atoms. The van der Waals surface area contributed by atoms with Crippen molar-refractivity contribution in [2.24, 2.45) is 0 Å². The maximum atomic E-state index is 12.7. The average molecular weight is 335 g/mol. The maximum absolute atomic E-state index is 12.7. The van der Waals surface area contributed by atoms with Crippen LogP contribution in [-0.4, -0.2) is 5.97 Å². The lowest BCUT2D eigenvalue weighted by atomic mass is 10.2. The molecule has 0 saturated heterocycles. The Bertz CT molecular complexity index is 648. The molecular weight excluding hydrogens is 323 g/mol. The Morgan fingerprint density at radius 3 is 2.55 bits per heavy atom. The van der Waals surface area contributed by atoms with E-state index in [9.17, 15) is 9.18 Å². The third-order valence-electron chi connectivity index (χ3n) is 2.58. The summed E-state index contributed by atoms with van der Waals surface area (Å²) in [5, 5.41) is 0. The molecule has 4 heteroatoms. The minimum atomic E-state index is -0.487. The minimum Gasteiger partial charge on any atom is -0.422 e. The smallest absolute Gasteiger partial charge is 0.336 e. The zero-order valence-electron chi connectivity index (χ0n) is 10.8. The van der Waals surface area contributed by atoms with E-state index < -0.39 is 5.97 Å². The van der Waals surface area contributed by atoms with Gasteiger partial charge in [0.25, 0.3) is 0 Å². The third-order valence-corrected chi connectivity index (χ3v) is 3.20. The zero-order chi connectivity index (χ0) is 14.5. The molecule has 2 nitrogen and oxygen atoms in total. The van der Waals surface area contributed by atoms with Crippen LogP contribution in [0.2, 0.25) is 0 Å². The van der Waals surface area contributed by atoms with Crippen molar-refractivity contribution in [3.63, 3.8) is 0 Å². The molecule has 0 aliphatic rings. The van der Waals surface area contributed by atoms with Gasteiger partial charge >= 0.3 is 5.97 Å². The van der Waals surface area contributed by atoms with Crippen LogP contribution >= 0.6 is 15.9 Å². The van der Waals surface area contributed by atoms with E-state index >= 15 is 0 Å². The van der Waals surface area contributed by atoms with Crippen LogP contribution in [0.3, 0.4) is 0 Å². The second-order valence-electron chi connectivity index (χ2n) is 4.24. The van der Waals surface area contributed by atoms with E-state index in [1.807, 2.05) is 19.1 Å². The summed E-state index contributed by atoms with van der Waals surface area (Å²) >= 11 is 3.34. The van der Waals surface area contributed by atoms with Gasteiger partial charge in [-0.05, 0) is 64.3 Å². The molecule has 0 aliphatic heterocycles. The quantitative estimate of drug-likeness (QED) is 0.468. The number of ether oxygens (including phenoxy) is 1. The number of halogens is 2. The summed E-state index contributed by atoms with van der Waals surface area (Å²) in [4.78, 5) is 11.7. The van der Waals surface area contributed by atoms with E-state index in [2.05, 4.69) is 15.9 Å². The van der Waals surface area contributed by atoms with E-state index in [0.717, 1.165) is 15.6 Å². The number of benzene rings is 2. The lowest BCUT2D eigenvalue weighted by molar-refractivity contribution is -0.128. The van der Waals surface area contributed by atoms with Gasteiger partial charge in [-0.1, -0.05) is 18.2 Å². The van der Waals surface area contributed by atoms with Gasteiger partial charge in [-0.2, -0.15) is 0 Å². The summed E-state index contributed by atoms with van der Waals surface area (Å²) < 4.78 is 18.7. The third kappa shape index (κ3) is 4.03. The molecule has 2 aromatic carbocycles. The van der Waals surface area contributed by atoms with Crippen LogP contribution in [0.1, 0.15) is 11.1 Å². The van der Waals surface area contributed by atoms with Crippen molar-refractivity contribution in [2.75, 3.05) is 0 Å². The van der Waals surface area contributed by atoms with Crippen LogP contribution in [-0.2, 0) is 4.79 Å². The fourth-order valence-corrected chi connectivity index (χ4v) is 2.14. The van der Waals surface area contributed by atoms with Crippen molar-refractivity contribution < 1.29 is 13.9 Å². The zero-order valence-corrected chi connectivity index (χ0v) is 12.4. The first-order valence-corrected chi connectivity index (χ1v) is 6.75. The van der Waals surface area contributed by atoms with Crippen molar-refractivity contribution in [3.8, 4) is 5.75 Å². The Morgan fingerprint density at radius 1 is 1.20 bits per heavy atom. The predicted molar refractivity (Wildman–Crippen MR) is 79.9 cm³/mol. The standard InChI is InChI=1S/C16H12BrFO2/c1-11-2-8-15(14(17)10-11)20-16(19)9-5-12-3-6-13(18)7-4-12/h2-10H,1H3/b9-5+. The fraction of sp³-hybridized carbons (Fsp3) is 0.0625. The molecule has 0 unspecified atom stereocenters. The van der Waals surface area contributed by atoms with Gasteiger partial charge < -0.3 is 4.74 Å². The highest BCUT2D eigenvalue weighted by atomic mass is 79.9. The molecule has 0 aromatic heterocycles. The topological polar surface area (TPSA) is 26.3 Å². The van der Waals surface area contributed by atoms with Gasteiger partial charge in [-0.3, -0.25) is 0 Å². The largest absolute Gasteiger partial charge is 0.422 e. The summed E-state index contributed by atoms with van der Waals surface area (Å²) in [7, 11) is 0. The van der Waals surface area contributed by atoms with E-state index in [1.165, 1.54) is 18.2 Å². The van der Waals surface area contributed by atoms with Gasteiger partial charge in [0.2, 0.25) is 0 Å². The lowest BCUT2D eigenvalue weighted by Crippen LogP contribution is -2.04. The molecule has 0 radical (unpaired) electrons. The number of hydrogen-bond acceptors (Lipinski definition) is 2. The molecule has 0 amide bonds. The van der Waals surface area contributed by atoms with E-state index in [-0.39, 0.29) is 5.82 Å². The van der Waals surface area contributed by atoms with Crippen LogP contribution in [0.15, 0.2) is 53.0 Å². The minimum absolute atomic E-state index is 0.312. The van der Waals surface area contributed by atoms with Crippen molar-refractivity contribution in [3.05, 3.63) is 70.0 Å². The number of aryl methyl sites for hydroxylation is 1. The molecule has 2 rings (SSSR count). The fourth-order valence-electron chi connectivity index (χ4n) is 1.57. The molecule has 2 aromatic rings. The van der Waals surface area contributed by atoms with E-state index in [4.69, 9.17) is 4.74 Å². The molecule has 0 N–H and O–H groups in total. The first-order valence-electron chi connectivity index (χ1n) is 5.96. The van der Waals surface area contributed by atoms with Gasteiger partial charge in [-0.25, -0.2) is 9.18 Å². The Kier molecular flexibility index (Phi) is 4.69. The van der Waals surface area contributed by atoms with Crippen molar-refractivity contribution in [2.45, 2.75) is 6.92 Å². The van der Waals surface area contributed by atoms with Crippen LogP contribution in [0.4, 0.5) is 4.39 Å². The molecule has 0 fully saturated rings. The summed E-state index contributed by atoms with van der Waals surface area (Å²) in [6.07, 6.45) is 2.88. The van der Waals surface area contributed by atoms with Gasteiger partial charge in [0.15, 0.2) is 0 Å². The molecule has 102 valence electrons. The van der Waals surface area contributed by atoms with Crippen molar-refractivity contribution in [1.29, 1.82) is 0 Å². The Balaban J connectivity index is 2.03. The lowest BCUT2D eigenvalue weighted by Gasteiger charge is -2.04. The first-order chi connectivity index (χ1) is 9.54. The van der Waals surface area contributed by atoms with Crippen LogP contribution in [0, 0.1) is 12.7 Å². The second kappa shape index (κ2) is 6.48. The second-order valence-corrected chi connectivity index (χ2v) is 5.09. The van der Waals surface area contributed by atoms with Gasteiger partial charge in [-0.15, -0.1) is 0 Å². The van der Waals surface area contributed by atoms with E-state index in [0.29, 0.717) is 5.75 Å². The highest BCUT2D eigenvalue weighted by Gasteiger charge is 2.05. The molecule has 20 heavy (non-hydrogen) atoms. The van der Waals surface area contributed by atoms with E-state index in [1.54, 1.807) is 24.3 Å². The monoisotopic (exact) mass is 334 g/mol. The first kappa shape index (κ1) is 14.5. The average Bonchev–Trinajstić information content (AvgIpc) is 2.41. The summed E-state index contributed by atoms with van der Waals surface area (Å²) in [5.74, 6) is -0.337. The van der Waals surface area contributed by atoms with Gasteiger partial charge in [0, 0.05) is 6.08 Å². The molecule has 0 aliphatic carbocycles. The molecule has 0 spiro atoms. The van der Waals surface area contributed by atoms with Crippen LogP contribution in [0.5, 0.6) is 5.75 Å². The Hall–Kier alpha value is -1.94. The molecular formula is C16H12BrFO2. The Morgan fingerprint density at radius 2 is 1.90 bits per heavy atom. The molecule has 0 heterocycles. The number of carbonyl (C=O) groups is 1. The highest BCUT2D eigenvalue weighted by Crippen LogP contribution is 2.25. The molecule has 0 saturated carbocycles. The number of hydrogen-bond donors (Lipinski definition) is 0. The molecule has 0 atom stereocenters. The number of esters is 1. The highest BCUT2D eigenvalue weighted by molar-refractivity contribution is 9.10.